The Morgan fingerprint density at radius 2 is 1.89 bits per heavy atom. The van der Waals surface area contributed by atoms with Gasteiger partial charge in [-0.1, -0.05) is 29.8 Å². The fourth-order valence-electron chi connectivity index (χ4n) is 2.50. The van der Waals surface area contributed by atoms with Crippen LogP contribution in [0.2, 0.25) is 5.02 Å². The highest BCUT2D eigenvalue weighted by atomic mass is 35.5. The molecular formula is C15H15ClN2. The van der Waals surface area contributed by atoms with Crippen molar-refractivity contribution in [3.8, 4) is 0 Å². The van der Waals surface area contributed by atoms with Crippen LogP contribution in [-0.2, 0) is 13.0 Å². The molecule has 0 fully saturated rings. The van der Waals surface area contributed by atoms with Gasteiger partial charge in [-0.25, -0.2) is 0 Å². The first-order valence-corrected chi connectivity index (χ1v) is 6.48. The van der Waals surface area contributed by atoms with E-state index in [9.17, 15) is 0 Å². The van der Waals surface area contributed by atoms with Crippen molar-refractivity contribution in [2.24, 2.45) is 0 Å². The zero-order valence-electron chi connectivity index (χ0n) is 10.1. The first-order chi connectivity index (χ1) is 8.74. The molecule has 1 aliphatic rings. The van der Waals surface area contributed by atoms with E-state index in [2.05, 4.69) is 23.1 Å². The zero-order chi connectivity index (χ0) is 12.5. The number of rotatable bonds is 2. The molecule has 0 unspecified atom stereocenters. The van der Waals surface area contributed by atoms with Gasteiger partial charge in [-0.3, -0.25) is 0 Å². The van der Waals surface area contributed by atoms with Gasteiger partial charge in [-0.2, -0.15) is 0 Å². The Bertz CT molecular complexity index is 563. The van der Waals surface area contributed by atoms with E-state index in [1.54, 1.807) is 0 Å². The van der Waals surface area contributed by atoms with Crippen LogP contribution < -0.4 is 10.6 Å². The normalized spacial score (nSPS) is 13.7. The summed E-state index contributed by atoms with van der Waals surface area (Å²) in [6, 6.07) is 14.2. The first kappa shape index (κ1) is 11.4. The molecule has 0 saturated carbocycles. The molecule has 18 heavy (non-hydrogen) atoms. The predicted octanol–water partition coefficient (Wildman–Crippen LogP) is 3.48. The third kappa shape index (κ3) is 2.04. The summed E-state index contributed by atoms with van der Waals surface area (Å²) in [4.78, 5) is 2.37. The smallest absolute Gasteiger partial charge is 0.0429 e. The maximum absolute atomic E-state index is 6.00. The summed E-state index contributed by atoms with van der Waals surface area (Å²) in [7, 11) is 0. The number of halogens is 1. The molecule has 0 spiro atoms. The van der Waals surface area contributed by atoms with Crippen LogP contribution >= 0.6 is 11.6 Å². The largest absolute Gasteiger partial charge is 0.398 e. The van der Waals surface area contributed by atoms with Crippen molar-refractivity contribution >= 4 is 23.0 Å². The lowest BCUT2D eigenvalue weighted by molar-refractivity contribution is 0.836. The van der Waals surface area contributed by atoms with E-state index in [-0.39, 0.29) is 0 Å². The summed E-state index contributed by atoms with van der Waals surface area (Å²) in [6.07, 6.45) is 1.04. The Labute approximate surface area is 112 Å². The predicted molar refractivity (Wildman–Crippen MR) is 77.1 cm³/mol. The molecule has 92 valence electrons. The molecule has 0 saturated heterocycles. The summed E-state index contributed by atoms with van der Waals surface area (Å²) in [5.74, 6) is 0. The molecule has 0 bridgehead atoms. The Hall–Kier alpha value is -1.67. The van der Waals surface area contributed by atoms with Gasteiger partial charge in [0.2, 0.25) is 0 Å². The van der Waals surface area contributed by atoms with E-state index < -0.39 is 0 Å². The van der Waals surface area contributed by atoms with Crippen LogP contribution in [0.25, 0.3) is 0 Å². The van der Waals surface area contributed by atoms with Gasteiger partial charge in [-0.15, -0.1) is 0 Å². The first-order valence-electron chi connectivity index (χ1n) is 6.11. The van der Waals surface area contributed by atoms with Gasteiger partial charge in [0.1, 0.15) is 0 Å². The highest BCUT2D eigenvalue weighted by Gasteiger charge is 2.20. The Morgan fingerprint density at radius 1 is 1.11 bits per heavy atom. The zero-order valence-corrected chi connectivity index (χ0v) is 10.8. The van der Waals surface area contributed by atoms with Crippen LogP contribution in [0.5, 0.6) is 0 Å². The van der Waals surface area contributed by atoms with Crippen LogP contribution in [0.15, 0.2) is 42.5 Å². The third-order valence-corrected chi connectivity index (χ3v) is 3.70. The topological polar surface area (TPSA) is 29.3 Å². The summed E-state index contributed by atoms with van der Waals surface area (Å²) in [5.41, 5.74) is 10.7. The lowest BCUT2D eigenvalue weighted by atomic mass is 10.1. The van der Waals surface area contributed by atoms with Crippen molar-refractivity contribution in [3.05, 3.63) is 58.6 Å². The van der Waals surface area contributed by atoms with Gasteiger partial charge in [0.15, 0.2) is 0 Å². The minimum absolute atomic E-state index is 0.782. The fraction of sp³-hybridized carbons (Fsp3) is 0.200. The Morgan fingerprint density at radius 3 is 2.67 bits per heavy atom. The highest BCUT2D eigenvalue weighted by Crippen LogP contribution is 2.33. The van der Waals surface area contributed by atoms with E-state index >= 15 is 0 Å². The Kier molecular flexibility index (Phi) is 2.88. The van der Waals surface area contributed by atoms with Crippen molar-refractivity contribution in [1.29, 1.82) is 0 Å². The minimum atomic E-state index is 0.782. The van der Waals surface area contributed by atoms with Crippen molar-refractivity contribution in [3.63, 3.8) is 0 Å². The van der Waals surface area contributed by atoms with E-state index in [0.717, 1.165) is 30.2 Å². The average molecular weight is 259 g/mol. The van der Waals surface area contributed by atoms with Gasteiger partial charge in [0.25, 0.3) is 0 Å². The second-order valence-corrected chi connectivity index (χ2v) is 5.08. The molecule has 3 heteroatoms. The maximum Gasteiger partial charge on any atom is 0.0429 e. The van der Waals surface area contributed by atoms with Gasteiger partial charge >= 0.3 is 0 Å². The number of nitrogens with zero attached hydrogens (tertiary/aromatic N) is 1. The van der Waals surface area contributed by atoms with Crippen molar-refractivity contribution in [2.45, 2.75) is 13.0 Å². The third-order valence-electron chi connectivity index (χ3n) is 3.45. The summed E-state index contributed by atoms with van der Waals surface area (Å²) in [5, 5.41) is 0.782. The number of fused-ring (bicyclic) bond motifs is 1. The van der Waals surface area contributed by atoms with Gasteiger partial charge in [0.05, 0.1) is 0 Å². The van der Waals surface area contributed by atoms with Gasteiger partial charge in [0, 0.05) is 35.1 Å². The molecule has 0 amide bonds. The number of nitrogens with two attached hydrogens (primary N) is 1. The van der Waals surface area contributed by atoms with Crippen molar-refractivity contribution in [2.75, 3.05) is 17.2 Å². The molecule has 0 aromatic heterocycles. The van der Waals surface area contributed by atoms with Gasteiger partial charge < -0.3 is 10.6 Å². The fourth-order valence-corrected chi connectivity index (χ4v) is 2.63. The van der Waals surface area contributed by atoms with E-state index in [0.29, 0.717) is 0 Å². The van der Waals surface area contributed by atoms with Crippen LogP contribution in [-0.4, -0.2) is 6.54 Å². The van der Waals surface area contributed by atoms with Crippen LogP contribution in [0.4, 0.5) is 11.4 Å². The lowest BCUT2D eigenvalue weighted by Crippen LogP contribution is -2.19. The van der Waals surface area contributed by atoms with Crippen LogP contribution in [0.1, 0.15) is 11.1 Å². The highest BCUT2D eigenvalue weighted by molar-refractivity contribution is 6.30. The second kappa shape index (κ2) is 4.54. The molecule has 2 aromatic carbocycles. The standard InChI is InChI=1S/C15H15ClN2/c16-12-6-4-11(5-7-12)10-18-9-8-13-14(17)2-1-3-15(13)18/h1-7H,8-10,17H2. The molecule has 2 nitrogen and oxygen atoms in total. The monoisotopic (exact) mass is 258 g/mol. The van der Waals surface area contributed by atoms with Gasteiger partial charge in [-0.05, 0) is 36.2 Å². The number of benzene rings is 2. The maximum atomic E-state index is 6.00. The Balaban J connectivity index is 1.85. The van der Waals surface area contributed by atoms with Crippen LogP contribution in [0, 0.1) is 0 Å². The molecule has 1 heterocycles. The molecule has 1 aliphatic heterocycles. The molecule has 0 radical (unpaired) electrons. The molecule has 0 aliphatic carbocycles. The second-order valence-electron chi connectivity index (χ2n) is 4.64. The average Bonchev–Trinajstić information content (AvgIpc) is 2.77. The van der Waals surface area contributed by atoms with E-state index in [4.69, 9.17) is 17.3 Å². The molecule has 2 aromatic rings. The van der Waals surface area contributed by atoms with Crippen molar-refractivity contribution in [1.82, 2.24) is 0 Å². The number of anilines is 2. The molecule has 2 N–H and O–H groups in total. The molecular weight excluding hydrogens is 244 g/mol. The van der Waals surface area contributed by atoms with E-state index in [1.807, 2.05) is 24.3 Å². The minimum Gasteiger partial charge on any atom is -0.398 e. The van der Waals surface area contributed by atoms with E-state index in [1.165, 1.54) is 16.8 Å². The van der Waals surface area contributed by atoms with Crippen LogP contribution in [0.3, 0.4) is 0 Å². The number of nitrogen functional groups attached to an aromatic ring is 1. The SMILES string of the molecule is Nc1cccc2c1CCN2Cc1ccc(Cl)cc1. The molecule has 3 rings (SSSR count). The number of hydrogen-bond donors (Lipinski definition) is 1. The molecule has 0 atom stereocenters. The van der Waals surface area contributed by atoms with Crippen molar-refractivity contribution < 1.29 is 0 Å². The summed E-state index contributed by atoms with van der Waals surface area (Å²) in [6.45, 7) is 1.94. The quantitative estimate of drug-likeness (QED) is 0.836. The number of hydrogen-bond acceptors (Lipinski definition) is 2. The summed E-state index contributed by atoms with van der Waals surface area (Å²) < 4.78 is 0. The summed E-state index contributed by atoms with van der Waals surface area (Å²) >= 11 is 5.90. The lowest BCUT2D eigenvalue weighted by Gasteiger charge is -2.19.